The first-order valence-corrected chi connectivity index (χ1v) is 11.5. The predicted octanol–water partition coefficient (Wildman–Crippen LogP) is 6.99. The highest BCUT2D eigenvalue weighted by atomic mass is 35.5. The first kappa shape index (κ1) is 26.6. The lowest BCUT2D eigenvalue weighted by molar-refractivity contribution is -0.116. The number of rotatable bonds is 5. The molecule has 1 aromatic rings. The molecule has 0 bridgehead atoms. The molecule has 0 aromatic heterocycles. The van der Waals surface area contributed by atoms with Crippen molar-refractivity contribution in [3.63, 3.8) is 0 Å². The molecule has 0 saturated heterocycles. The van der Waals surface area contributed by atoms with Crippen LogP contribution in [0.5, 0.6) is 0 Å². The van der Waals surface area contributed by atoms with Gasteiger partial charge in [0.1, 0.15) is 0 Å². The molecule has 0 N–H and O–H groups in total. The van der Waals surface area contributed by atoms with E-state index in [4.69, 9.17) is 40.1 Å². The Hall–Kier alpha value is -1.41. The highest BCUT2D eigenvalue weighted by molar-refractivity contribution is 6.67. The lowest BCUT2D eigenvalue weighted by Crippen LogP contribution is -2.12. The van der Waals surface area contributed by atoms with Gasteiger partial charge in [-0.2, -0.15) is 5.26 Å². The number of hydrogen-bond donors (Lipinski definition) is 0. The van der Waals surface area contributed by atoms with Gasteiger partial charge in [-0.05, 0) is 84.2 Å². The van der Waals surface area contributed by atoms with Crippen LogP contribution in [0.25, 0.3) is 0 Å². The van der Waals surface area contributed by atoms with Crippen LogP contribution in [0.4, 0.5) is 0 Å². The minimum atomic E-state index is -0.505. The van der Waals surface area contributed by atoms with Gasteiger partial charge in [-0.1, -0.05) is 44.9 Å². The largest absolute Gasteiger partial charge is 0.281 e. The Morgan fingerprint density at radius 3 is 1.80 bits per heavy atom. The quantitative estimate of drug-likeness (QED) is 0.433. The van der Waals surface area contributed by atoms with Crippen molar-refractivity contribution in [3.8, 4) is 6.07 Å². The van der Waals surface area contributed by atoms with E-state index in [0.717, 1.165) is 25.2 Å². The van der Waals surface area contributed by atoms with Crippen LogP contribution in [0, 0.1) is 23.2 Å². The van der Waals surface area contributed by atoms with Gasteiger partial charge in [0.15, 0.2) is 0 Å². The molecule has 2 aliphatic rings. The van der Waals surface area contributed by atoms with Crippen LogP contribution < -0.4 is 0 Å². The first-order chi connectivity index (χ1) is 14.3. The Labute approximate surface area is 193 Å². The molecule has 0 aliphatic heterocycles. The molecule has 4 nitrogen and oxygen atoms in total. The fourth-order valence-corrected chi connectivity index (χ4v) is 4.08. The number of nitrogens with zero attached hydrogens (tertiary/aromatic N) is 1. The number of hydrogen-bond acceptors (Lipinski definition) is 4. The molecule has 0 radical (unpaired) electrons. The summed E-state index contributed by atoms with van der Waals surface area (Å²) in [6.45, 7) is 0. The zero-order valence-electron chi connectivity index (χ0n) is 17.0. The minimum Gasteiger partial charge on any atom is -0.281 e. The smallest absolute Gasteiger partial charge is 0.252 e. The third-order valence-electron chi connectivity index (χ3n) is 5.39. The van der Waals surface area contributed by atoms with Crippen LogP contribution >= 0.6 is 34.8 Å². The summed E-state index contributed by atoms with van der Waals surface area (Å²) in [5.41, 5.74) is 0.928. The van der Waals surface area contributed by atoms with Crippen molar-refractivity contribution >= 4 is 50.5 Å². The fourth-order valence-electron chi connectivity index (χ4n) is 3.62. The third-order valence-corrected chi connectivity index (χ3v) is 6.11. The van der Waals surface area contributed by atoms with E-state index in [1.54, 1.807) is 12.1 Å². The Morgan fingerprint density at radius 1 is 0.867 bits per heavy atom. The van der Waals surface area contributed by atoms with E-state index in [2.05, 4.69) is 0 Å². The van der Waals surface area contributed by atoms with Gasteiger partial charge in [0.05, 0.1) is 11.6 Å². The molecule has 0 spiro atoms. The Morgan fingerprint density at radius 2 is 1.40 bits per heavy atom. The van der Waals surface area contributed by atoms with Gasteiger partial charge in [-0.15, -0.1) is 0 Å². The van der Waals surface area contributed by atoms with E-state index in [1.165, 1.54) is 57.1 Å². The number of halogens is 3. The number of benzene rings is 1. The highest BCUT2D eigenvalue weighted by Gasteiger charge is 2.18. The van der Waals surface area contributed by atoms with Gasteiger partial charge in [0.25, 0.3) is 5.24 Å². The lowest BCUT2D eigenvalue weighted by atomic mass is 9.90. The number of nitriles is 1. The van der Waals surface area contributed by atoms with Crippen LogP contribution in [0.2, 0.25) is 0 Å². The van der Waals surface area contributed by atoms with Crippen molar-refractivity contribution in [2.24, 2.45) is 11.8 Å². The van der Waals surface area contributed by atoms with Crippen LogP contribution in [0.15, 0.2) is 24.3 Å². The SMILES string of the molecule is N#Cc1ccc(C(=O)Cl)cc1.O=C(Cl)C1CCCCC1.O=C(Cl)CCC1CCCC1. The van der Waals surface area contributed by atoms with E-state index in [9.17, 15) is 14.4 Å². The summed E-state index contributed by atoms with van der Waals surface area (Å²) in [4.78, 5) is 31.5. The van der Waals surface area contributed by atoms with Crippen LogP contribution in [0.1, 0.15) is 86.6 Å². The molecular formula is C23H28Cl3NO3. The molecule has 164 valence electrons. The second kappa shape index (κ2) is 15.4. The van der Waals surface area contributed by atoms with Gasteiger partial charge in [0, 0.05) is 17.9 Å². The third kappa shape index (κ3) is 11.7. The Bertz CT molecular complexity index is 716. The van der Waals surface area contributed by atoms with Crippen LogP contribution in [-0.2, 0) is 9.59 Å². The van der Waals surface area contributed by atoms with Crippen molar-refractivity contribution in [1.82, 2.24) is 0 Å². The highest BCUT2D eigenvalue weighted by Crippen LogP contribution is 2.28. The second-order valence-electron chi connectivity index (χ2n) is 7.65. The summed E-state index contributed by atoms with van der Waals surface area (Å²) in [6.07, 6.45) is 12.6. The maximum absolute atomic E-state index is 10.6. The molecule has 30 heavy (non-hydrogen) atoms. The molecule has 0 unspecified atom stereocenters. The van der Waals surface area contributed by atoms with Crippen molar-refractivity contribution in [2.75, 3.05) is 0 Å². The molecular weight excluding hydrogens is 445 g/mol. The Balaban J connectivity index is 0.000000226. The average molecular weight is 473 g/mol. The monoisotopic (exact) mass is 471 g/mol. The van der Waals surface area contributed by atoms with E-state index in [-0.39, 0.29) is 16.4 Å². The molecule has 0 heterocycles. The van der Waals surface area contributed by atoms with E-state index < -0.39 is 5.24 Å². The summed E-state index contributed by atoms with van der Waals surface area (Å²) in [5.74, 6) is 0.975. The predicted molar refractivity (Wildman–Crippen MR) is 121 cm³/mol. The normalized spacial score (nSPS) is 16.3. The summed E-state index contributed by atoms with van der Waals surface area (Å²) < 4.78 is 0. The van der Waals surface area contributed by atoms with Crippen LogP contribution in [0.3, 0.4) is 0 Å². The summed E-state index contributed by atoms with van der Waals surface area (Å²) in [6, 6.07) is 8.08. The van der Waals surface area contributed by atoms with Crippen molar-refractivity contribution in [1.29, 1.82) is 5.26 Å². The molecule has 3 rings (SSSR count). The van der Waals surface area contributed by atoms with Gasteiger partial charge in [-0.25, -0.2) is 0 Å². The summed E-state index contributed by atoms with van der Waals surface area (Å²) in [7, 11) is 0. The van der Waals surface area contributed by atoms with Crippen LogP contribution in [-0.4, -0.2) is 15.7 Å². The zero-order chi connectivity index (χ0) is 22.4. The molecule has 2 aliphatic carbocycles. The van der Waals surface area contributed by atoms with Crippen molar-refractivity contribution < 1.29 is 14.4 Å². The fraction of sp³-hybridized carbons (Fsp3) is 0.565. The zero-order valence-corrected chi connectivity index (χ0v) is 19.3. The molecule has 0 amide bonds. The summed E-state index contributed by atoms with van der Waals surface area (Å²) >= 11 is 15.7. The van der Waals surface area contributed by atoms with E-state index in [0.29, 0.717) is 17.5 Å². The molecule has 0 atom stereocenters. The lowest BCUT2D eigenvalue weighted by Gasteiger charge is -2.16. The van der Waals surface area contributed by atoms with Gasteiger partial charge >= 0.3 is 0 Å². The number of carbonyl (C=O) groups excluding carboxylic acids is 3. The minimum absolute atomic E-state index is 0.130. The molecule has 1 aromatic carbocycles. The van der Waals surface area contributed by atoms with Gasteiger partial charge < -0.3 is 0 Å². The maximum Gasteiger partial charge on any atom is 0.252 e. The Kier molecular flexibility index (Phi) is 13.7. The molecule has 2 fully saturated rings. The standard InChI is InChI=1S/C8H4ClNO.C8H13ClO.C7H11ClO/c9-8(11)7-3-1-6(5-10)2-4-7;9-8(10)6-5-7-3-1-2-4-7;8-7(9)6-4-2-1-3-5-6/h1-4H;7H,1-6H2;6H,1-5H2. The molecule has 7 heteroatoms. The van der Waals surface area contributed by atoms with E-state index >= 15 is 0 Å². The van der Waals surface area contributed by atoms with E-state index in [1.807, 2.05) is 6.07 Å². The molecule has 2 saturated carbocycles. The first-order valence-electron chi connectivity index (χ1n) is 10.4. The van der Waals surface area contributed by atoms with Gasteiger partial charge in [-0.3, -0.25) is 14.4 Å². The second-order valence-corrected chi connectivity index (χ2v) is 8.78. The van der Waals surface area contributed by atoms with Crippen molar-refractivity contribution in [3.05, 3.63) is 35.4 Å². The topological polar surface area (TPSA) is 75.0 Å². The summed E-state index contributed by atoms with van der Waals surface area (Å²) in [5, 5.41) is 7.59. The van der Waals surface area contributed by atoms with Crippen molar-refractivity contribution in [2.45, 2.75) is 70.6 Å². The average Bonchev–Trinajstić information content (AvgIpc) is 3.27. The maximum atomic E-state index is 10.6. The van der Waals surface area contributed by atoms with Gasteiger partial charge in [0.2, 0.25) is 10.5 Å². The number of carbonyl (C=O) groups is 3.